The molecular formula is C15H14N4O. The predicted octanol–water partition coefficient (Wildman–Crippen LogP) is 2.35. The Morgan fingerprint density at radius 2 is 2.20 bits per heavy atom. The molecule has 1 aromatic heterocycles. The first kappa shape index (κ1) is 12.4. The highest BCUT2D eigenvalue weighted by atomic mass is 16.1. The predicted molar refractivity (Wildman–Crippen MR) is 74.8 cm³/mol. The largest absolute Gasteiger partial charge is 0.328 e. The Balaban J connectivity index is 1.79. The molecule has 0 bridgehead atoms. The average Bonchev–Trinajstić information content (AvgIpc) is 3.02. The number of carbonyl (C=O) groups is 1. The van der Waals surface area contributed by atoms with E-state index >= 15 is 0 Å². The van der Waals surface area contributed by atoms with E-state index in [-0.39, 0.29) is 12.3 Å². The maximum Gasteiger partial charge on any atom is 0.238 e. The number of aryl methyl sites for hydroxylation is 1. The summed E-state index contributed by atoms with van der Waals surface area (Å²) in [7, 11) is 0. The summed E-state index contributed by atoms with van der Waals surface area (Å²) in [5.74, 6) is 0.858. The molecule has 3 rings (SSSR count). The van der Waals surface area contributed by atoms with E-state index in [9.17, 15) is 4.79 Å². The molecule has 100 valence electrons. The van der Waals surface area contributed by atoms with Gasteiger partial charge < -0.3 is 9.88 Å². The van der Waals surface area contributed by atoms with Gasteiger partial charge in [-0.3, -0.25) is 4.79 Å². The van der Waals surface area contributed by atoms with E-state index in [0.29, 0.717) is 5.69 Å². The molecule has 2 heterocycles. The molecule has 1 aliphatic heterocycles. The lowest BCUT2D eigenvalue weighted by atomic mass is 10.1. The maximum atomic E-state index is 11.3. The maximum absolute atomic E-state index is 11.3. The van der Waals surface area contributed by atoms with E-state index in [1.54, 1.807) is 0 Å². The van der Waals surface area contributed by atoms with Gasteiger partial charge in [0.05, 0.1) is 18.0 Å². The molecule has 1 aromatic carbocycles. The lowest BCUT2D eigenvalue weighted by Gasteiger charge is -2.07. The number of nitrogens with one attached hydrogen (secondary N) is 1. The van der Waals surface area contributed by atoms with Crippen LogP contribution in [0.15, 0.2) is 30.5 Å². The fourth-order valence-electron chi connectivity index (χ4n) is 2.49. The van der Waals surface area contributed by atoms with Gasteiger partial charge in [-0.05, 0) is 24.1 Å². The van der Waals surface area contributed by atoms with E-state index in [2.05, 4.69) is 14.9 Å². The summed E-state index contributed by atoms with van der Waals surface area (Å²) in [5.41, 5.74) is 2.91. The summed E-state index contributed by atoms with van der Waals surface area (Å²) >= 11 is 0. The Morgan fingerprint density at radius 1 is 1.40 bits per heavy atom. The summed E-state index contributed by atoms with van der Waals surface area (Å²) in [6.07, 6.45) is 3.97. The molecule has 1 N–H and O–H groups in total. The molecule has 0 saturated carbocycles. The van der Waals surface area contributed by atoms with Crippen LogP contribution < -0.4 is 5.32 Å². The molecule has 0 fully saturated rings. The second-order valence-electron chi connectivity index (χ2n) is 4.78. The zero-order valence-electron chi connectivity index (χ0n) is 11.0. The number of aromatic nitrogens is 2. The number of benzene rings is 1. The van der Waals surface area contributed by atoms with Gasteiger partial charge in [-0.15, -0.1) is 0 Å². The van der Waals surface area contributed by atoms with Crippen LogP contribution in [0, 0.1) is 11.3 Å². The summed E-state index contributed by atoms with van der Waals surface area (Å²) in [6.45, 7) is 1.02. The third-order valence-corrected chi connectivity index (χ3v) is 3.42. The second-order valence-corrected chi connectivity index (χ2v) is 4.78. The lowest BCUT2D eigenvalue weighted by Crippen LogP contribution is -2.09. The van der Waals surface area contributed by atoms with Crippen molar-refractivity contribution < 1.29 is 4.79 Å². The van der Waals surface area contributed by atoms with Gasteiger partial charge in [0.25, 0.3) is 0 Å². The highest BCUT2D eigenvalue weighted by Crippen LogP contribution is 2.26. The standard InChI is InChI=1S/C15H14N4O/c16-8-7-15(20)18-12-5-3-11(4-6-12)13-10-17-14-2-1-9-19(13)14/h3-6,10H,1-2,7,9H2,(H,18,20). The molecule has 0 unspecified atom stereocenters. The van der Waals surface area contributed by atoms with Crippen molar-refractivity contribution >= 4 is 11.6 Å². The number of nitriles is 1. The van der Waals surface area contributed by atoms with Crippen LogP contribution >= 0.6 is 0 Å². The van der Waals surface area contributed by atoms with Gasteiger partial charge in [0.15, 0.2) is 0 Å². The zero-order valence-corrected chi connectivity index (χ0v) is 11.0. The number of imidazole rings is 1. The van der Waals surface area contributed by atoms with Crippen molar-refractivity contribution in [3.8, 4) is 17.3 Å². The van der Waals surface area contributed by atoms with Crippen molar-refractivity contribution in [1.29, 1.82) is 5.26 Å². The Bertz CT molecular complexity index is 679. The second kappa shape index (κ2) is 5.17. The first-order valence-corrected chi connectivity index (χ1v) is 6.59. The van der Waals surface area contributed by atoms with Gasteiger partial charge in [-0.1, -0.05) is 12.1 Å². The number of fused-ring (bicyclic) bond motifs is 1. The Morgan fingerprint density at radius 3 is 2.95 bits per heavy atom. The van der Waals surface area contributed by atoms with Gasteiger partial charge in [-0.25, -0.2) is 4.98 Å². The minimum Gasteiger partial charge on any atom is -0.328 e. The van der Waals surface area contributed by atoms with Crippen LogP contribution in [0.5, 0.6) is 0 Å². The molecule has 5 nitrogen and oxygen atoms in total. The van der Waals surface area contributed by atoms with Gasteiger partial charge >= 0.3 is 0 Å². The Hall–Kier alpha value is -2.61. The van der Waals surface area contributed by atoms with Crippen LogP contribution in [0.3, 0.4) is 0 Å². The molecule has 0 spiro atoms. The van der Waals surface area contributed by atoms with Crippen LogP contribution in [0.2, 0.25) is 0 Å². The third-order valence-electron chi connectivity index (χ3n) is 3.42. The lowest BCUT2D eigenvalue weighted by molar-refractivity contribution is -0.115. The highest BCUT2D eigenvalue weighted by Gasteiger charge is 2.16. The molecule has 20 heavy (non-hydrogen) atoms. The van der Waals surface area contributed by atoms with Crippen molar-refractivity contribution in [3.63, 3.8) is 0 Å². The smallest absolute Gasteiger partial charge is 0.238 e. The third kappa shape index (κ3) is 2.28. The number of amides is 1. The van der Waals surface area contributed by atoms with E-state index in [0.717, 1.165) is 36.5 Å². The SMILES string of the molecule is N#CCC(=O)Nc1ccc(-c2cnc3n2CCC3)cc1. The zero-order chi connectivity index (χ0) is 13.9. The van der Waals surface area contributed by atoms with Crippen molar-refractivity contribution in [2.45, 2.75) is 25.8 Å². The van der Waals surface area contributed by atoms with Crippen LogP contribution in [0.25, 0.3) is 11.3 Å². The molecule has 0 aliphatic carbocycles. The molecule has 1 aliphatic rings. The molecule has 0 atom stereocenters. The fourth-order valence-corrected chi connectivity index (χ4v) is 2.49. The van der Waals surface area contributed by atoms with E-state index in [1.807, 2.05) is 36.5 Å². The summed E-state index contributed by atoms with van der Waals surface area (Å²) in [5, 5.41) is 11.1. The molecule has 2 aromatic rings. The minimum absolute atomic E-state index is 0.127. The Labute approximate surface area is 116 Å². The van der Waals surface area contributed by atoms with E-state index in [4.69, 9.17) is 5.26 Å². The summed E-state index contributed by atoms with van der Waals surface area (Å²) < 4.78 is 2.24. The molecular weight excluding hydrogens is 252 g/mol. The number of hydrogen-bond acceptors (Lipinski definition) is 3. The quantitative estimate of drug-likeness (QED) is 0.927. The highest BCUT2D eigenvalue weighted by molar-refractivity contribution is 5.92. The number of carbonyl (C=O) groups excluding carboxylic acids is 1. The molecule has 1 amide bonds. The number of anilines is 1. The average molecular weight is 266 g/mol. The van der Waals surface area contributed by atoms with Crippen molar-refractivity contribution in [2.75, 3.05) is 5.32 Å². The summed E-state index contributed by atoms with van der Waals surface area (Å²) in [6, 6.07) is 9.45. The van der Waals surface area contributed by atoms with Gasteiger partial charge in [-0.2, -0.15) is 5.26 Å². The van der Waals surface area contributed by atoms with E-state index < -0.39 is 0 Å². The number of hydrogen-bond donors (Lipinski definition) is 1. The van der Waals surface area contributed by atoms with Gasteiger partial charge in [0.1, 0.15) is 12.2 Å². The molecule has 0 saturated heterocycles. The summed E-state index contributed by atoms with van der Waals surface area (Å²) in [4.78, 5) is 15.8. The van der Waals surface area contributed by atoms with Gasteiger partial charge in [0.2, 0.25) is 5.91 Å². The normalized spacial score (nSPS) is 12.8. The topological polar surface area (TPSA) is 70.7 Å². The van der Waals surface area contributed by atoms with Crippen molar-refractivity contribution in [3.05, 3.63) is 36.3 Å². The fraction of sp³-hybridized carbons (Fsp3) is 0.267. The first-order valence-electron chi connectivity index (χ1n) is 6.59. The van der Waals surface area contributed by atoms with Crippen LogP contribution in [-0.2, 0) is 17.8 Å². The van der Waals surface area contributed by atoms with Crippen LogP contribution in [0.1, 0.15) is 18.7 Å². The van der Waals surface area contributed by atoms with Crippen LogP contribution in [-0.4, -0.2) is 15.5 Å². The van der Waals surface area contributed by atoms with Gasteiger partial charge in [0, 0.05) is 18.7 Å². The minimum atomic E-state index is -0.287. The Kier molecular flexibility index (Phi) is 3.21. The van der Waals surface area contributed by atoms with Crippen LogP contribution in [0.4, 0.5) is 5.69 Å². The number of rotatable bonds is 3. The monoisotopic (exact) mass is 266 g/mol. The molecule has 0 radical (unpaired) electrons. The molecule has 5 heteroatoms. The first-order chi connectivity index (χ1) is 9.78. The van der Waals surface area contributed by atoms with Crippen molar-refractivity contribution in [2.24, 2.45) is 0 Å². The number of nitrogens with zero attached hydrogens (tertiary/aromatic N) is 3. The van der Waals surface area contributed by atoms with Crippen molar-refractivity contribution in [1.82, 2.24) is 9.55 Å². The van der Waals surface area contributed by atoms with E-state index in [1.165, 1.54) is 0 Å².